The monoisotopic (exact) mass is 432 g/mol. The number of amides is 2. The first-order valence-corrected chi connectivity index (χ1v) is 10.0. The molecule has 1 unspecified atom stereocenters. The van der Waals surface area contributed by atoms with Crippen LogP contribution in [0.1, 0.15) is 18.9 Å². The second-order valence-electron chi connectivity index (χ2n) is 6.99. The van der Waals surface area contributed by atoms with Gasteiger partial charge in [-0.25, -0.2) is 0 Å². The summed E-state index contributed by atoms with van der Waals surface area (Å²) < 4.78 is 16.8. The van der Waals surface area contributed by atoms with Crippen molar-refractivity contribution in [3.8, 4) is 28.4 Å². The van der Waals surface area contributed by atoms with Crippen molar-refractivity contribution in [1.29, 1.82) is 0 Å². The number of hydrogen-bond donors (Lipinski definition) is 2. The zero-order valence-corrected chi connectivity index (χ0v) is 18.0. The molecule has 160 valence electrons. The maximum Gasteiger partial charge on any atom is 0.221 e. The third-order valence-electron chi connectivity index (χ3n) is 4.82. The number of nitrogens with one attached hydrogen (secondary N) is 2. The topological polar surface area (TPSA) is 85.9 Å². The molecule has 0 saturated carbocycles. The Kier molecular flexibility index (Phi) is 7.05. The van der Waals surface area contributed by atoms with Crippen molar-refractivity contribution >= 4 is 23.4 Å². The van der Waals surface area contributed by atoms with E-state index in [1.165, 1.54) is 6.92 Å². The molecule has 0 fully saturated rings. The first kappa shape index (κ1) is 21.8. The van der Waals surface area contributed by atoms with Gasteiger partial charge in [0.15, 0.2) is 0 Å². The van der Waals surface area contributed by atoms with Gasteiger partial charge in [0, 0.05) is 37.4 Å². The van der Waals surface area contributed by atoms with Crippen LogP contribution in [0.4, 0.5) is 0 Å². The summed E-state index contributed by atoms with van der Waals surface area (Å²) in [5.74, 6) is 1.78. The average Bonchev–Trinajstić information content (AvgIpc) is 3.15. The molecule has 0 aromatic heterocycles. The van der Waals surface area contributed by atoms with Crippen molar-refractivity contribution in [2.45, 2.75) is 25.9 Å². The molecule has 0 aliphatic carbocycles. The van der Waals surface area contributed by atoms with Crippen LogP contribution in [0, 0.1) is 0 Å². The third-order valence-corrected chi connectivity index (χ3v) is 5.10. The van der Waals surface area contributed by atoms with Crippen LogP contribution in [0.3, 0.4) is 0 Å². The van der Waals surface area contributed by atoms with Crippen molar-refractivity contribution in [2.75, 3.05) is 27.3 Å². The Hall–Kier alpha value is -2.93. The number of hydrogen-bond acceptors (Lipinski definition) is 5. The number of carbonyl (C=O) groups excluding carboxylic acids is 2. The fraction of sp³-hybridized carbons (Fsp3) is 0.364. The summed E-state index contributed by atoms with van der Waals surface area (Å²) in [6, 6.07) is 9.46. The minimum Gasteiger partial charge on any atom is -0.497 e. The van der Waals surface area contributed by atoms with E-state index in [1.807, 2.05) is 30.3 Å². The van der Waals surface area contributed by atoms with Crippen LogP contribution >= 0.6 is 11.6 Å². The minimum atomic E-state index is -0.204. The molecule has 0 saturated heterocycles. The summed E-state index contributed by atoms with van der Waals surface area (Å²) in [7, 11) is 3.23. The van der Waals surface area contributed by atoms with E-state index in [9.17, 15) is 9.59 Å². The van der Waals surface area contributed by atoms with Crippen LogP contribution in [0.5, 0.6) is 17.2 Å². The SMILES string of the molecule is COc1ccc(OC)c(-c2cc(Cl)c3c(c2)CC(CNC(=O)CCNC(C)=O)O3)c1. The third kappa shape index (κ3) is 5.16. The van der Waals surface area contributed by atoms with E-state index in [4.69, 9.17) is 25.8 Å². The maximum atomic E-state index is 11.9. The number of ether oxygens (including phenoxy) is 3. The molecule has 2 N–H and O–H groups in total. The smallest absolute Gasteiger partial charge is 0.221 e. The predicted octanol–water partition coefficient (Wildman–Crippen LogP) is 2.97. The van der Waals surface area contributed by atoms with Crippen molar-refractivity contribution in [3.05, 3.63) is 40.9 Å². The molecule has 7 nitrogen and oxygen atoms in total. The zero-order valence-electron chi connectivity index (χ0n) is 17.2. The Labute approximate surface area is 180 Å². The molecule has 2 aromatic rings. The van der Waals surface area contributed by atoms with E-state index in [0.29, 0.717) is 36.0 Å². The summed E-state index contributed by atoms with van der Waals surface area (Å²) in [5, 5.41) is 5.94. The summed E-state index contributed by atoms with van der Waals surface area (Å²) >= 11 is 6.50. The van der Waals surface area contributed by atoms with Crippen LogP contribution in [0.2, 0.25) is 5.02 Å². The summed E-state index contributed by atoms with van der Waals surface area (Å²) in [6.07, 6.45) is 0.644. The number of benzene rings is 2. The molecular formula is C22H25ClN2O5. The molecule has 2 aromatic carbocycles. The van der Waals surface area contributed by atoms with Crippen molar-refractivity contribution in [1.82, 2.24) is 10.6 Å². The Morgan fingerprint density at radius 3 is 2.67 bits per heavy atom. The largest absolute Gasteiger partial charge is 0.497 e. The number of methoxy groups -OCH3 is 2. The lowest BCUT2D eigenvalue weighted by Gasteiger charge is -2.13. The Balaban J connectivity index is 1.69. The van der Waals surface area contributed by atoms with Crippen LogP contribution in [-0.2, 0) is 16.0 Å². The summed E-state index contributed by atoms with van der Waals surface area (Å²) in [4.78, 5) is 22.8. The molecule has 30 heavy (non-hydrogen) atoms. The summed E-state index contributed by atoms with van der Waals surface area (Å²) in [5.41, 5.74) is 2.74. The van der Waals surface area contributed by atoms with E-state index in [2.05, 4.69) is 10.6 Å². The highest BCUT2D eigenvalue weighted by molar-refractivity contribution is 6.32. The first-order chi connectivity index (χ1) is 14.4. The van der Waals surface area contributed by atoms with Gasteiger partial charge in [-0.3, -0.25) is 9.59 Å². The molecule has 0 spiro atoms. The highest BCUT2D eigenvalue weighted by Crippen LogP contribution is 2.42. The normalized spacial score (nSPS) is 14.5. The molecule has 1 heterocycles. The molecule has 3 rings (SSSR count). The molecule has 1 aliphatic heterocycles. The van der Waals surface area contributed by atoms with Crippen molar-refractivity contribution in [2.24, 2.45) is 0 Å². The molecule has 1 aliphatic rings. The van der Waals surface area contributed by atoms with E-state index in [-0.39, 0.29) is 24.3 Å². The van der Waals surface area contributed by atoms with Gasteiger partial charge in [-0.2, -0.15) is 0 Å². The minimum absolute atomic E-state index is 0.142. The first-order valence-electron chi connectivity index (χ1n) is 9.64. The number of carbonyl (C=O) groups is 2. The Morgan fingerprint density at radius 1 is 1.17 bits per heavy atom. The Bertz CT molecular complexity index is 947. The highest BCUT2D eigenvalue weighted by atomic mass is 35.5. The maximum absolute atomic E-state index is 11.9. The molecule has 0 radical (unpaired) electrons. The standard InChI is InChI=1S/C22H25ClN2O5/c1-13(26)24-7-6-21(27)25-12-17-9-15-8-14(10-19(23)22(15)30-17)18-11-16(28-2)4-5-20(18)29-3/h4-5,8,10-11,17H,6-7,9,12H2,1-3H3,(H,24,26)(H,25,27). The molecular weight excluding hydrogens is 408 g/mol. The van der Waals surface area contributed by atoms with Crippen LogP contribution in [-0.4, -0.2) is 45.2 Å². The molecule has 2 amide bonds. The van der Waals surface area contributed by atoms with Gasteiger partial charge in [0.25, 0.3) is 0 Å². The summed E-state index contributed by atoms with van der Waals surface area (Å²) in [6.45, 7) is 2.09. The fourth-order valence-corrected chi connectivity index (χ4v) is 3.65. The van der Waals surface area contributed by atoms with Gasteiger partial charge in [0.1, 0.15) is 23.4 Å². The predicted molar refractivity (Wildman–Crippen MR) is 114 cm³/mol. The van der Waals surface area contributed by atoms with Crippen LogP contribution in [0.25, 0.3) is 11.1 Å². The fourth-order valence-electron chi connectivity index (χ4n) is 3.36. The Morgan fingerprint density at radius 2 is 1.97 bits per heavy atom. The molecule has 0 bridgehead atoms. The lowest BCUT2D eigenvalue weighted by Crippen LogP contribution is -2.36. The van der Waals surface area contributed by atoms with Crippen LogP contribution < -0.4 is 24.8 Å². The highest BCUT2D eigenvalue weighted by Gasteiger charge is 2.27. The van der Waals surface area contributed by atoms with Gasteiger partial charge in [-0.05, 0) is 35.9 Å². The van der Waals surface area contributed by atoms with E-state index < -0.39 is 0 Å². The van der Waals surface area contributed by atoms with Gasteiger partial charge in [-0.1, -0.05) is 11.6 Å². The van der Waals surface area contributed by atoms with Gasteiger partial charge in [-0.15, -0.1) is 0 Å². The quantitative estimate of drug-likeness (QED) is 0.669. The van der Waals surface area contributed by atoms with Gasteiger partial charge < -0.3 is 24.8 Å². The number of rotatable bonds is 8. The number of fused-ring (bicyclic) bond motifs is 1. The molecule has 8 heteroatoms. The van der Waals surface area contributed by atoms with E-state index in [0.717, 1.165) is 22.4 Å². The van der Waals surface area contributed by atoms with Gasteiger partial charge in [0.05, 0.1) is 25.8 Å². The van der Waals surface area contributed by atoms with Crippen molar-refractivity contribution in [3.63, 3.8) is 0 Å². The number of halogens is 1. The average molecular weight is 433 g/mol. The molecule has 1 atom stereocenters. The lowest BCUT2D eigenvalue weighted by molar-refractivity contribution is -0.121. The lowest BCUT2D eigenvalue weighted by atomic mass is 9.99. The van der Waals surface area contributed by atoms with Gasteiger partial charge in [0.2, 0.25) is 11.8 Å². The second kappa shape index (κ2) is 9.71. The zero-order chi connectivity index (χ0) is 21.7. The van der Waals surface area contributed by atoms with E-state index in [1.54, 1.807) is 14.2 Å². The van der Waals surface area contributed by atoms with Gasteiger partial charge >= 0.3 is 0 Å². The van der Waals surface area contributed by atoms with E-state index >= 15 is 0 Å². The second-order valence-corrected chi connectivity index (χ2v) is 7.40. The van der Waals surface area contributed by atoms with Crippen molar-refractivity contribution < 1.29 is 23.8 Å². The van der Waals surface area contributed by atoms with Crippen LogP contribution in [0.15, 0.2) is 30.3 Å².